The summed E-state index contributed by atoms with van der Waals surface area (Å²) in [6.45, 7) is -1.67. The lowest BCUT2D eigenvalue weighted by Gasteiger charge is -2.18. The highest BCUT2D eigenvalue weighted by molar-refractivity contribution is 5.89. The lowest BCUT2D eigenvalue weighted by molar-refractivity contribution is -0.308. The monoisotopic (exact) mass is 509 g/mol. The first kappa shape index (κ1) is 31.6. The number of aliphatic hydroxyl groups excluding tert-OH is 2. The number of quaternary nitrogens is 1. The van der Waals surface area contributed by atoms with Crippen LogP contribution < -0.4 is 32.7 Å². The molecule has 35 heavy (non-hydrogen) atoms. The molecule has 0 bridgehead atoms. The molecule has 0 aliphatic heterocycles. The normalized spacial score (nSPS) is 13.1. The molecular weight excluding hydrogens is 476 g/mol. The Labute approximate surface area is 199 Å². The number of amides is 6. The summed E-state index contributed by atoms with van der Waals surface area (Å²) in [4.78, 5) is 68.5. The smallest absolute Gasteiger partial charge is 0.331 e. The third-order valence-corrected chi connectivity index (χ3v) is 4.16. The van der Waals surface area contributed by atoms with E-state index in [0.29, 0.717) is 0 Å². The molecule has 3 unspecified atom stereocenters. The molecule has 17 nitrogen and oxygen atoms in total. The first-order valence-corrected chi connectivity index (χ1v) is 10.4. The van der Waals surface area contributed by atoms with E-state index in [1.54, 1.807) is 0 Å². The number of aliphatic carboxylic acids is 1. The van der Waals surface area contributed by atoms with Crippen molar-refractivity contribution in [3.63, 3.8) is 0 Å². The van der Waals surface area contributed by atoms with Crippen molar-refractivity contribution < 1.29 is 59.3 Å². The summed E-state index contributed by atoms with van der Waals surface area (Å²) in [7, 11) is 0. The second-order valence-electron chi connectivity index (χ2n) is 6.97. The minimum atomic E-state index is -1.35. The van der Waals surface area contributed by atoms with Gasteiger partial charge in [0, 0.05) is 13.0 Å². The zero-order valence-corrected chi connectivity index (χ0v) is 19.0. The zero-order valence-electron chi connectivity index (χ0n) is 19.0. The molecule has 17 heteroatoms. The first-order chi connectivity index (χ1) is 16.5. The Balaban J connectivity index is 4.13. The zero-order chi connectivity index (χ0) is 26.8. The fraction of sp³-hybridized carbons (Fsp3) is 0.667. The number of hydrogen-bond donors (Lipinski definition) is 9. The molecular formula is C18H33N6O11+. The molecule has 0 aliphatic carbocycles. The van der Waals surface area contributed by atoms with Crippen LogP contribution in [0.2, 0.25) is 0 Å². The van der Waals surface area contributed by atoms with E-state index < -0.39 is 73.6 Å². The lowest BCUT2D eigenvalue weighted by Crippen LogP contribution is -2.67. The van der Waals surface area contributed by atoms with Gasteiger partial charge in [0.05, 0.1) is 33.0 Å². The third-order valence-electron chi connectivity index (χ3n) is 4.16. The van der Waals surface area contributed by atoms with Crippen LogP contribution in [-0.2, 0) is 33.4 Å². The Kier molecular flexibility index (Phi) is 16.3. The average Bonchev–Trinajstić information content (AvgIpc) is 2.79. The van der Waals surface area contributed by atoms with Gasteiger partial charge >= 0.3 is 17.9 Å². The number of nitrogens with two attached hydrogens (primary N) is 1. The van der Waals surface area contributed by atoms with E-state index in [1.807, 2.05) is 0 Å². The van der Waals surface area contributed by atoms with Crippen molar-refractivity contribution in [2.45, 2.75) is 31.0 Å². The molecule has 0 rings (SSSR count). The van der Waals surface area contributed by atoms with E-state index >= 15 is 0 Å². The van der Waals surface area contributed by atoms with Gasteiger partial charge in [-0.25, -0.2) is 9.59 Å². The fourth-order valence-electron chi connectivity index (χ4n) is 2.33. The highest BCUT2D eigenvalue weighted by Crippen LogP contribution is 1.97. The van der Waals surface area contributed by atoms with Crippen molar-refractivity contribution in [3.8, 4) is 0 Å². The van der Waals surface area contributed by atoms with Gasteiger partial charge < -0.3 is 51.8 Å². The van der Waals surface area contributed by atoms with Crippen molar-refractivity contribution >= 4 is 35.6 Å². The van der Waals surface area contributed by atoms with Gasteiger partial charge in [0.1, 0.15) is 24.7 Å². The number of carbonyl (C=O) groups is 6. The third kappa shape index (κ3) is 15.2. The summed E-state index contributed by atoms with van der Waals surface area (Å²) in [5.41, 5.74) is 8.11. The van der Waals surface area contributed by atoms with Gasteiger partial charge in [-0.05, 0) is 6.42 Å². The second kappa shape index (κ2) is 18.0. The number of primary amides is 1. The average molecular weight is 509 g/mol. The maximum absolute atomic E-state index is 12.1. The number of hydrogen-bond acceptors (Lipinski definition) is 10. The molecule has 0 saturated carbocycles. The molecule has 12 N–H and O–H groups in total. The van der Waals surface area contributed by atoms with E-state index in [0.717, 1.165) is 0 Å². The number of ether oxygens (including phenoxy) is 2. The molecule has 0 radical (unpaired) electrons. The predicted octanol–water partition coefficient (Wildman–Crippen LogP) is -6.24. The minimum Gasteiger partial charge on any atom is -0.481 e. The summed E-state index contributed by atoms with van der Waals surface area (Å²) >= 11 is 0. The second-order valence-corrected chi connectivity index (χ2v) is 6.97. The maximum Gasteiger partial charge on any atom is 0.331 e. The summed E-state index contributed by atoms with van der Waals surface area (Å²) in [5, 5.41) is 35.8. The maximum atomic E-state index is 12.1. The van der Waals surface area contributed by atoms with Crippen LogP contribution in [0.15, 0.2) is 0 Å². The highest BCUT2D eigenvalue weighted by Gasteiger charge is 2.25. The SMILES string of the molecule is NC(=O)C(CO)NC(=O)COCCOCCNC(=O)C(CO)NC(=O)NC(CCC(=O)O)C([NH3+])=O. The van der Waals surface area contributed by atoms with Crippen molar-refractivity contribution in [1.82, 2.24) is 21.3 Å². The van der Waals surface area contributed by atoms with Gasteiger partial charge in [0.15, 0.2) is 0 Å². The Hall–Kier alpha value is -3.38. The number of carboxylic acids is 1. The Morgan fingerprint density at radius 2 is 1.46 bits per heavy atom. The fourth-order valence-corrected chi connectivity index (χ4v) is 2.33. The van der Waals surface area contributed by atoms with E-state index in [2.05, 4.69) is 27.0 Å². The minimum absolute atomic E-state index is 0.00844. The van der Waals surface area contributed by atoms with E-state index in [1.165, 1.54) is 0 Å². The van der Waals surface area contributed by atoms with Gasteiger partial charge in [-0.1, -0.05) is 0 Å². The Morgan fingerprint density at radius 1 is 0.857 bits per heavy atom. The summed E-state index contributed by atoms with van der Waals surface area (Å²) in [6.07, 6.45) is -0.572. The highest BCUT2D eigenvalue weighted by atomic mass is 16.5. The molecule has 0 spiro atoms. The van der Waals surface area contributed by atoms with Gasteiger partial charge in [-0.2, -0.15) is 0 Å². The molecule has 3 atom stereocenters. The van der Waals surface area contributed by atoms with E-state index in [-0.39, 0.29) is 39.2 Å². The molecule has 0 aliphatic rings. The van der Waals surface area contributed by atoms with Crippen LogP contribution in [0.3, 0.4) is 0 Å². The molecule has 0 aromatic carbocycles. The van der Waals surface area contributed by atoms with Crippen LogP contribution >= 0.6 is 0 Å². The number of carboxylic acid groups (broad SMARTS) is 1. The lowest BCUT2D eigenvalue weighted by atomic mass is 10.1. The van der Waals surface area contributed by atoms with Crippen molar-refractivity contribution in [3.05, 3.63) is 0 Å². The molecule has 0 aromatic heterocycles. The van der Waals surface area contributed by atoms with Crippen molar-refractivity contribution in [2.24, 2.45) is 5.73 Å². The van der Waals surface area contributed by atoms with Crippen LogP contribution in [0.1, 0.15) is 12.8 Å². The number of urea groups is 1. The predicted molar refractivity (Wildman–Crippen MR) is 114 cm³/mol. The summed E-state index contributed by atoms with van der Waals surface area (Å²) in [6, 6.07) is -4.70. The van der Waals surface area contributed by atoms with E-state index in [9.17, 15) is 33.9 Å². The summed E-state index contributed by atoms with van der Waals surface area (Å²) in [5.74, 6) is -4.17. The quantitative estimate of drug-likeness (QED) is 0.0738. The van der Waals surface area contributed by atoms with Crippen LogP contribution in [0.25, 0.3) is 0 Å². The van der Waals surface area contributed by atoms with E-state index in [4.69, 9.17) is 25.4 Å². The Morgan fingerprint density at radius 3 is 2.00 bits per heavy atom. The van der Waals surface area contributed by atoms with Crippen LogP contribution in [0, 0.1) is 0 Å². The molecule has 0 fully saturated rings. The van der Waals surface area contributed by atoms with Crippen LogP contribution in [0.5, 0.6) is 0 Å². The van der Waals surface area contributed by atoms with Gasteiger partial charge in [-0.15, -0.1) is 0 Å². The molecule has 0 aromatic rings. The van der Waals surface area contributed by atoms with Gasteiger partial charge in [-0.3, -0.25) is 24.9 Å². The van der Waals surface area contributed by atoms with Gasteiger partial charge in [0.2, 0.25) is 17.7 Å². The molecule has 0 heterocycles. The topological polar surface area (TPSA) is 283 Å². The van der Waals surface area contributed by atoms with Gasteiger partial charge in [0.25, 0.3) is 0 Å². The molecule has 200 valence electrons. The number of aliphatic hydroxyl groups is 2. The standard InChI is InChI=1S/C18H32N6O11/c19-15(30)10(1-2-14(28)29)23-18(33)24-12(8-26)17(32)21-3-4-34-5-6-35-9-13(27)22-11(7-25)16(20)31/h10-12,25-26H,1-9H2,(H2,19,30)(H2,20,31)(H,21,32)(H,22,27)(H,28,29)(H2,23,24,33)/p+1. The molecule has 0 saturated heterocycles. The Bertz CT molecular complexity index is 736. The largest absolute Gasteiger partial charge is 0.481 e. The number of rotatable bonds is 19. The number of nitrogens with one attached hydrogen (secondary N) is 4. The van der Waals surface area contributed by atoms with Crippen molar-refractivity contribution in [2.75, 3.05) is 46.2 Å². The molecule has 6 amide bonds. The summed E-state index contributed by atoms with van der Waals surface area (Å²) < 4.78 is 10.2. The number of carbonyl (C=O) groups excluding carboxylic acids is 5. The first-order valence-electron chi connectivity index (χ1n) is 10.4. The van der Waals surface area contributed by atoms with Crippen LogP contribution in [0.4, 0.5) is 4.79 Å². The van der Waals surface area contributed by atoms with Crippen molar-refractivity contribution in [1.29, 1.82) is 0 Å². The van der Waals surface area contributed by atoms with Crippen LogP contribution in [-0.4, -0.2) is 115 Å².